The molecule has 6 fully saturated rings. The molecule has 0 aromatic heterocycles. The van der Waals surface area contributed by atoms with E-state index in [0.717, 1.165) is 6.42 Å². The Kier molecular flexibility index (Phi) is 2.91. The van der Waals surface area contributed by atoms with E-state index in [0.29, 0.717) is 12.0 Å². The van der Waals surface area contributed by atoms with Crippen molar-refractivity contribution in [3.8, 4) is 0 Å². The van der Waals surface area contributed by atoms with Gasteiger partial charge in [-0.3, -0.25) is 0 Å². The summed E-state index contributed by atoms with van der Waals surface area (Å²) in [6.07, 6.45) is 0.932. The molecule has 1 aromatic rings. The number of rotatable bonds is 5. The molecule has 3 heterocycles. The number of benzene rings is 1. The molecule has 25 heavy (non-hydrogen) atoms. The molecule has 3 saturated carbocycles. The molecular formula is C19H22O6. The molecule has 134 valence electrons. The molecule has 6 aliphatic rings. The van der Waals surface area contributed by atoms with E-state index in [1.165, 1.54) is 0 Å². The quantitative estimate of drug-likeness (QED) is 0.761. The van der Waals surface area contributed by atoms with Gasteiger partial charge in [0.15, 0.2) is 12.1 Å². The van der Waals surface area contributed by atoms with Crippen LogP contribution in [0.4, 0.5) is 0 Å². The number of esters is 1. The molecule has 7 rings (SSSR count). The lowest BCUT2D eigenvalue weighted by Gasteiger charge is -2.67. The largest absolute Gasteiger partial charge is 0.461 e. The van der Waals surface area contributed by atoms with Crippen molar-refractivity contribution in [2.75, 3.05) is 20.8 Å². The van der Waals surface area contributed by atoms with E-state index in [4.69, 9.17) is 23.7 Å². The number of carbonyl (C=O) groups excluding carboxylic acids is 1. The van der Waals surface area contributed by atoms with Gasteiger partial charge in [-0.15, -0.1) is 0 Å². The maximum absolute atomic E-state index is 12.4. The Balaban J connectivity index is 1.48. The van der Waals surface area contributed by atoms with Crippen LogP contribution in [-0.4, -0.2) is 50.1 Å². The van der Waals surface area contributed by atoms with Gasteiger partial charge >= 0.3 is 5.97 Å². The summed E-state index contributed by atoms with van der Waals surface area (Å²) in [5, 5.41) is 0. The van der Waals surface area contributed by atoms with Gasteiger partial charge in [-0.05, 0) is 25.5 Å². The highest BCUT2D eigenvalue weighted by molar-refractivity contribution is 5.89. The van der Waals surface area contributed by atoms with Crippen molar-refractivity contribution in [2.24, 2.45) is 11.3 Å². The highest BCUT2D eigenvalue weighted by Crippen LogP contribution is 2.81. The van der Waals surface area contributed by atoms with Crippen molar-refractivity contribution >= 4 is 5.97 Å². The molecule has 6 atom stereocenters. The van der Waals surface area contributed by atoms with Gasteiger partial charge in [-0.1, -0.05) is 18.2 Å². The number of carbonyl (C=O) groups is 1. The molecule has 3 aliphatic heterocycles. The van der Waals surface area contributed by atoms with Crippen LogP contribution in [-0.2, 0) is 23.7 Å². The van der Waals surface area contributed by atoms with Gasteiger partial charge in [0.05, 0.1) is 11.0 Å². The minimum absolute atomic E-state index is 0.0918. The lowest BCUT2D eigenvalue weighted by atomic mass is 9.41. The number of hydrogen-bond donors (Lipinski definition) is 0. The normalized spacial score (nSPS) is 48.4. The van der Waals surface area contributed by atoms with Crippen LogP contribution in [0, 0.1) is 11.3 Å². The molecule has 0 radical (unpaired) electrons. The highest BCUT2D eigenvalue weighted by Gasteiger charge is 2.94. The predicted molar refractivity (Wildman–Crippen MR) is 85.7 cm³/mol. The van der Waals surface area contributed by atoms with Crippen LogP contribution in [0.5, 0.6) is 0 Å². The van der Waals surface area contributed by atoms with E-state index in [-0.39, 0.29) is 18.5 Å². The first kappa shape index (κ1) is 15.8. The molecule has 6 nitrogen and oxygen atoms in total. The number of hydrogen-bond acceptors (Lipinski definition) is 6. The molecule has 6 bridgehead atoms. The molecule has 6 unspecified atom stereocenters. The minimum Gasteiger partial charge on any atom is -0.461 e. The monoisotopic (exact) mass is 346 g/mol. The van der Waals surface area contributed by atoms with Crippen molar-refractivity contribution in [3.63, 3.8) is 0 Å². The van der Waals surface area contributed by atoms with E-state index < -0.39 is 28.7 Å². The molecule has 6 heteroatoms. The van der Waals surface area contributed by atoms with Gasteiger partial charge in [0.25, 0.3) is 0 Å². The second-order valence-electron chi connectivity index (χ2n) is 7.76. The van der Waals surface area contributed by atoms with Crippen LogP contribution in [0.1, 0.15) is 30.1 Å². The molecule has 3 aliphatic carbocycles. The topological polar surface area (TPSA) is 63.2 Å². The van der Waals surface area contributed by atoms with Gasteiger partial charge in [-0.2, -0.15) is 0 Å². The van der Waals surface area contributed by atoms with Crippen LogP contribution in [0.25, 0.3) is 0 Å². The Labute approximate surface area is 146 Å². The van der Waals surface area contributed by atoms with Gasteiger partial charge in [0.2, 0.25) is 0 Å². The van der Waals surface area contributed by atoms with Crippen molar-refractivity contribution in [1.82, 2.24) is 0 Å². The van der Waals surface area contributed by atoms with Crippen molar-refractivity contribution < 1.29 is 28.5 Å². The fourth-order valence-corrected chi connectivity index (χ4v) is 5.95. The van der Waals surface area contributed by atoms with Crippen molar-refractivity contribution in [2.45, 2.75) is 43.0 Å². The van der Waals surface area contributed by atoms with Crippen molar-refractivity contribution in [1.29, 1.82) is 0 Å². The van der Waals surface area contributed by atoms with Crippen LogP contribution >= 0.6 is 0 Å². The molecule has 0 N–H and O–H groups in total. The van der Waals surface area contributed by atoms with E-state index in [9.17, 15) is 4.79 Å². The van der Waals surface area contributed by atoms with Gasteiger partial charge in [0.1, 0.15) is 17.8 Å². The molecule has 0 amide bonds. The SMILES string of the molecule is COC12CC3(C)OC(O1)C1(COC(=O)c4ccccc4)C2CC31OC. The van der Waals surface area contributed by atoms with E-state index >= 15 is 0 Å². The highest BCUT2D eigenvalue weighted by atomic mass is 16.8. The van der Waals surface area contributed by atoms with Crippen LogP contribution in [0.2, 0.25) is 0 Å². The van der Waals surface area contributed by atoms with Gasteiger partial charge < -0.3 is 23.7 Å². The summed E-state index contributed by atoms with van der Waals surface area (Å²) in [5.74, 6) is -0.922. The fourth-order valence-electron chi connectivity index (χ4n) is 5.95. The average molecular weight is 346 g/mol. The zero-order valence-electron chi connectivity index (χ0n) is 14.6. The third-order valence-electron chi connectivity index (χ3n) is 7.07. The third-order valence-corrected chi connectivity index (χ3v) is 7.07. The maximum atomic E-state index is 12.4. The number of methoxy groups -OCH3 is 2. The second kappa shape index (κ2) is 4.62. The van der Waals surface area contributed by atoms with Crippen LogP contribution < -0.4 is 0 Å². The minimum atomic E-state index is -0.670. The Morgan fingerprint density at radius 3 is 2.64 bits per heavy atom. The van der Waals surface area contributed by atoms with E-state index in [1.807, 2.05) is 18.2 Å². The Morgan fingerprint density at radius 1 is 1.20 bits per heavy atom. The summed E-state index contributed by atoms with van der Waals surface area (Å²) in [6, 6.07) is 9.00. The summed E-state index contributed by atoms with van der Waals surface area (Å²) in [7, 11) is 3.38. The average Bonchev–Trinajstić information content (AvgIpc) is 2.82. The first-order valence-corrected chi connectivity index (χ1v) is 8.65. The van der Waals surface area contributed by atoms with Gasteiger partial charge in [0, 0.05) is 26.6 Å². The van der Waals surface area contributed by atoms with E-state index in [1.54, 1.807) is 26.4 Å². The second-order valence-corrected chi connectivity index (χ2v) is 7.76. The molecule has 0 spiro atoms. The first-order chi connectivity index (χ1) is 12.0. The lowest BCUT2D eigenvalue weighted by molar-refractivity contribution is -0.393. The molecular weight excluding hydrogens is 324 g/mol. The maximum Gasteiger partial charge on any atom is 0.338 e. The Morgan fingerprint density at radius 2 is 1.96 bits per heavy atom. The zero-order chi connectivity index (χ0) is 17.5. The van der Waals surface area contributed by atoms with E-state index in [2.05, 4.69) is 6.92 Å². The first-order valence-electron chi connectivity index (χ1n) is 8.65. The standard InChI is InChI=1S/C19H22O6/c1-16-10-18(21-2)13-9-19(16,22-3)17(13,15(24-16)25-18)11-23-14(20)12-7-5-4-6-8-12/h4-8,13,15H,9-11H2,1-3H3. The number of ether oxygens (including phenoxy) is 5. The summed E-state index contributed by atoms with van der Waals surface area (Å²) in [6.45, 7) is 2.25. The smallest absolute Gasteiger partial charge is 0.338 e. The third kappa shape index (κ3) is 1.50. The van der Waals surface area contributed by atoms with Gasteiger partial charge in [-0.25, -0.2) is 4.79 Å². The summed E-state index contributed by atoms with van der Waals surface area (Å²) < 4.78 is 29.9. The van der Waals surface area contributed by atoms with Crippen molar-refractivity contribution in [3.05, 3.63) is 35.9 Å². The Hall–Kier alpha value is -1.47. The molecule has 3 saturated heterocycles. The van der Waals surface area contributed by atoms with Crippen LogP contribution in [0.15, 0.2) is 30.3 Å². The predicted octanol–water partition coefficient (Wildman–Crippen LogP) is 2.13. The fraction of sp³-hybridized carbons (Fsp3) is 0.632. The zero-order valence-corrected chi connectivity index (χ0v) is 14.6. The summed E-state index contributed by atoms with van der Waals surface area (Å²) in [5.41, 5.74) is -1.000. The molecule has 1 aromatic carbocycles. The summed E-state index contributed by atoms with van der Waals surface area (Å²) in [4.78, 5) is 12.4. The lowest BCUT2D eigenvalue weighted by Crippen LogP contribution is -2.79. The van der Waals surface area contributed by atoms with Crippen LogP contribution in [0.3, 0.4) is 0 Å². The summed E-state index contributed by atoms with van der Waals surface area (Å²) >= 11 is 0. The Bertz CT molecular complexity index is 735.